The van der Waals surface area contributed by atoms with E-state index in [-0.39, 0.29) is 22.6 Å². The maximum absolute atomic E-state index is 14.1. The number of aliphatic hydroxyl groups is 1. The smallest absolute Gasteiger partial charge is 0.176 e. The van der Waals surface area contributed by atoms with Gasteiger partial charge >= 0.3 is 0 Å². The molecule has 0 aliphatic rings. The van der Waals surface area contributed by atoms with E-state index in [4.69, 9.17) is 14.0 Å². The molecule has 0 radical (unpaired) electrons. The molecule has 0 spiro atoms. The maximum atomic E-state index is 14.1. The van der Waals surface area contributed by atoms with E-state index in [9.17, 15) is 13.9 Å². The van der Waals surface area contributed by atoms with Crippen molar-refractivity contribution < 1.29 is 27.9 Å². The van der Waals surface area contributed by atoms with Gasteiger partial charge in [0.05, 0.1) is 32.0 Å². The summed E-state index contributed by atoms with van der Waals surface area (Å²) in [7, 11) is 3.00. The van der Waals surface area contributed by atoms with Crippen molar-refractivity contribution in [2.24, 2.45) is 0 Å². The van der Waals surface area contributed by atoms with Crippen LogP contribution in [0.2, 0.25) is 0 Å². The Labute approximate surface area is 142 Å². The summed E-state index contributed by atoms with van der Waals surface area (Å²) in [6.45, 7) is -0.473. The van der Waals surface area contributed by atoms with Crippen molar-refractivity contribution in [3.63, 3.8) is 0 Å². The molecule has 0 saturated carbocycles. The van der Waals surface area contributed by atoms with E-state index in [2.05, 4.69) is 5.16 Å². The van der Waals surface area contributed by atoms with E-state index >= 15 is 0 Å². The second kappa shape index (κ2) is 6.90. The molecular weight excluding hydrogens is 332 g/mol. The zero-order chi connectivity index (χ0) is 18.0. The summed E-state index contributed by atoms with van der Waals surface area (Å²) in [6, 6.07) is 8.73. The predicted octanol–water partition coefficient (Wildman–Crippen LogP) is 3.80. The van der Waals surface area contributed by atoms with Gasteiger partial charge in [0, 0.05) is 11.6 Å². The van der Waals surface area contributed by atoms with Crippen molar-refractivity contribution in [3.8, 4) is 34.1 Å². The van der Waals surface area contributed by atoms with Crippen molar-refractivity contribution in [3.05, 3.63) is 53.6 Å². The van der Waals surface area contributed by atoms with E-state index in [1.54, 1.807) is 18.2 Å². The van der Waals surface area contributed by atoms with Gasteiger partial charge in [0.1, 0.15) is 17.2 Å². The van der Waals surface area contributed by atoms with Crippen LogP contribution in [0.5, 0.6) is 11.5 Å². The molecule has 1 aromatic heterocycles. The summed E-state index contributed by atoms with van der Waals surface area (Å²) in [5.74, 6) is -1.10. The molecule has 0 atom stereocenters. The minimum absolute atomic E-state index is 0.0348. The van der Waals surface area contributed by atoms with Crippen LogP contribution in [0.15, 0.2) is 40.9 Å². The Hall–Kier alpha value is -2.93. The van der Waals surface area contributed by atoms with Crippen LogP contribution in [-0.4, -0.2) is 24.5 Å². The minimum atomic E-state index is -1.07. The third-order valence-electron chi connectivity index (χ3n) is 3.81. The van der Waals surface area contributed by atoms with Gasteiger partial charge in [0.15, 0.2) is 17.4 Å². The lowest BCUT2D eigenvalue weighted by Gasteiger charge is -2.09. The fraction of sp³-hybridized carbons (Fsp3) is 0.167. The van der Waals surface area contributed by atoms with Gasteiger partial charge in [-0.25, -0.2) is 8.78 Å². The molecule has 0 amide bonds. The standard InChI is InChI=1S/C18H15F2NO4/c1-23-10-6-7-11(15(8-10)24-2)17-13(9-22)18(25-21-17)12-4-3-5-14(19)16(12)20/h3-8,22H,9H2,1-2H3. The highest BCUT2D eigenvalue weighted by atomic mass is 19.2. The maximum Gasteiger partial charge on any atom is 0.176 e. The molecule has 0 saturated heterocycles. The molecule has 130 valence electrons. The quantitative estimate of drug-likeness (QED) is 0.761. The third-order valence-corrected chi connectivity index (χ3v) is 3.81. The number of hydrogen-bond donors (Lipinski definition) is 1. The van der Waals surface area contributed by atoms with Crippen LogP contribution in [0.4, 0.5) is 8.78 Å². The highest BCUT2D eigenvalue weighted by Crippen LogP contribution is 2.39. The van der Waals surface area contributed by atoms with Crippen molar-refractivity contribution in [1.29, 1.82) is 0 Å². The second-order valence-electron chi connectivity index (χ2n) is 5.16. The van der Waals surface area contributed by atoms with Crippen molar-refractivity contribution in [2.75, 3.05) is 14.2 Å². The molecule has 0 bridgehead atoms. The third kappa shape index (κ3) is 2.94. The average molecular weight is 347 g/mol. The molecule has 1 heterocycles. The fourth-order valence-electron chi connectivity index (χ4n) is 2.55. The number of benzene rings is 2. The van der Waals surface area contributed by atoms with Gasteiger partial charge in [-0.05, 0) is 24.3 Å². The van der Waals surface area contributed by atoms with E-state index < -0.39 is 18.2 Å². The molecule has 7 heteroatoms. The van der Waals surface area contributed by atoms with E-state index in [0.29, 0.717) is 17.1 Å². The summed E-state index contributed by atoms with van der Waals surface area (Å²) in [5, 5.41) is 13.7. The first-order chi connectivity index (χ1) is 12.1. The van der Waals surface area contributed by atoms with Gasteiger partial charge in [0.2, 0.25) is 0 Å². The number of nitrogens with zero attached hydrogens (tertiary/aromatic N) is 1. The number of aliphatic hydroxyl groups excluding tert-OH is 1. The molecule has 0 aliphatic heterocycles. The minimum Gasteiger partial charge on any atom is -0.497 e. The number of methoxy groups -OCH3 is 2. The first-order valence-electron chi connectivity index (χ1n) is 7.36. The van der Waals surface area contributed by atoms with Crippen LogP contribution in [-0.2, 0) is 6.61 Å². The summed E-state index contributed by atoms with van der Waals surface area (Å²) in [6.07, 6.45) is 0. The summed E-state index contributed by atoms with van der Waals surface area (Å²) in [4.78, 5) is 0. The average Bonchev–Trinajstić information content (AvgIpc) is 3.06. The number of rotatable bonds is 5. The largest absolute Gasteiger partial charge is 0.497 e. The fourth-order valence-corrected chi connectivity index (χ4v) is 2.55. The highest BCUT2D eigenvalue weighted by molar-refractivity contribution is 5.76. The van der Waals surface area contributed by atoms with E-state index in [1.165, 1.54) is 26.4 Å². The molecule has 3 aromatic rings. The Morgan fingerprint density at radius 1 is 1.08 bits per heavy atom. The normalized spacial score (nSPS) is 10.8. The summed E-state index contributed by atoms with van der Waals surface area (Å²) >= 11 is 0. The predicted molar refractivity (Wildman–Crippen MR) is 86.3 cm³/mol. The Balaban J connectivity index is 2.17. The van der Waals surface area contributed by atoms with Gasteiger partial charge in [-0.2, -0.15) is 0 Å². The first-order valence-corrected chi connectivity index (χ1v) is 7.36. The second-order valence-corrected chi connectivity index (χ2v) is 5.16. The van der Waals surface area contributed by atoms with Crippen molar-refractivity contribution in [2.45, 2.75) is 6.61 Å². The molecule has 0 fully saturated rings. The van der Waals surface area contributed by atoms with Crippen LogP contribution >= 0.6 is 0 Å². The number of ether oxygens (including phenoxy) is 2. The van der Waals surface area contributed by atoms with Gasteiger partial charge < -0.3 is 19.1 Å². The molecule has 1 N–H and O–H groups in total. The molecule has 5 nitrogen and oxygen atoms in total. The van der Waals surface area contributed by atoms with Gasteiger partial charge in [0.25, 0.3) is 0 Å². The summed E-state index contributed by atoms with van der Waals surface area (Å²) in [5.41, 5.74) is 0.920. The Morgan fingerprint density at radius 3 is 2.56 bits per heavy atom. The van der Waals surface area contributed by atoms with Crippen LogP contribution in [0.1, 0.15) is 5.56 Å². The van der Waals surface area contributed by atoms with Gasteiger partial charge in [-0.3, -0.25) is 0 Å². The lowest BCUT2D eigenvalue weighted by molar-refractivity contribution is 0.281. The lowest BCUT2D eigenvalue weighted by Crippen LogP contribution is -1.95. The van der Waals surface area contributed by atoms with Crippen LogP contribution in [0, 0.1) is 11.6 Å². The Bertz CT molecular complexity index is 908. The topological polar surface area (TPSA) is 64.7 Å². The van der Waals surface area contributed by atoms with E-state index in [1.807, 2.05) is 0 Å². The van der Waals surface area contributed by atoms with Crippen LogP contribution in [0.3, 0.4) is 0 Å². The zero-order valence-corrected chi connectivity index (χ0v) is 13.5. The Morgan fingerprint density at radius 2 is 1.88 bits per heavy atom. The van der Waals surface area contributed by atoms with Crippen LogP contribution in [0.25, 0.3) is 22.6 Å². The Kier molecular flexibility index (Phi) is 4.67. The van der Waals surface area contributed by atoms with E-state index in [0.717, 1.165) is 6.07 Å². The number of halogens is 2. The highest BCUT2D eigenvalue weighted by Gasteiger charge is 2.24. The molecule has 2 aromatic carbocycles. The van der Waals surface area contributed by atoms with Crippen molar-refractivity contribution in [1.82, 2.24) is 5.16 Å². The first kappa shape index (κ1) is 16.9. The number of hydrogen-bond acceptors (Lipinski definition) is 5. The van der Waals surface area contributed by atoms with Gasteiger partial charge in [-0.15, -0.1) is 0 Å². The molecule has 25 heavy (non-hydrogen) atoms. The number of aromatic nitrogens is 1. The van der Waals surface area contributed by atoms with Crippen molar-refractivity contribution >= 4 is 0 Å². The van der Waals surface area contributed by atoms with Crippen LogP contribution < -0.4 is 9.47 Å². The molecule has 0 aliphatic carbocycles. The monoisotopic (exact) mass is 347 g/mol. The zero-order valence-electron chi connectivity index (χ0n) is 13.5. The summed E-state index contributed by atoms with van der Waals surface area (Å²) < 4.78 is 43.3. The molecular formula is C18H15F2NO4. The SMILES string of the molecule is COc1ccc(-c2noc(-c3cccc(F)c3F)c2CO)c(OC)c1. The van der Waals surface area contributed by atoms with Gasteiger partial charge in [-0.1, -0.05) is 11.2 Å². The molecule has 3 rings (SSSR count). The lowest BCUT2D eigenvalue weighted by atomic mass is 10.0. The molecule has 0 unspecified atom stereocenters.